The average Bonchev–Trinajstić information content (AvgIpc) is 3.51. The standard InChI is InChI=1S/C34H33ClN8O5/c1-17-18(7-6-10-22(17)39-29-26-25(11-12-37-29)41(2)33(47)42(3)31(26)44)19-8-5-9-20(28(19)35)23-13-38-24(30(40-23)48-4)15-43-14-21-27(32(45)46)34(21,36)16-43/h5-13,21,27H,14-16,36H2,1-4H3,(H,37,39)(H,45,46). The summed E-state index contributed by atoms with van der Waals surface area (Å²) in [6, 6.07) is 13.1. The number of nitrogens with zero attached hydrogens (tertiary/aromatic N) is 6. The number of ether oxygens (including phenoxy) is 1. The fraction of sp³-hybridized carbons (Fsp3) is 0.294. The third-order valence-corrected chi connectivity index (χ3v) is 10.1. The summed E-state index contributed by atoms with van der Waals surface area (Å²) in [5.41, 5.74) is 10.3. The molecule has 2 aromatic carbocycles. The number of aliphatic carboxylic acids is 1. The molecule has 246 valence electrons. The molecule has 0 amide bonds. The van der Waals surface area contributed by atoms with Crippen molar-refractivity contribution in [1.29, 1.82) is 0 Å². The Balaban J connectivity index is 1.18. The summed E-state index contributed by atoms with van der Waals surface area (Å²) in [6.07, 6.45) is 3.21. The molecule has 4 N–H and O–H groups in total. The van der Waals surface area contributed by atoms with Crippen LogP contribution in [-0.2, 0) is 25.4 Å². The van der Waals surface area contributed by atoms with E-state index >= 15 is 0 Å². The van der Waals surface area contributed by atoms with Crippen LogP contribution in [0.3, 0.4) is 0 Å². The van der Waals surface area contributed by atoms with Crippen molar-refractivity contribution >= 4 is 40.0 Å². The molecular formula is C34H33ClN8O5. The molecule has 2 fully saturated rings. The Morgan fingerprint density at radius 2 is 1.83 bits per heavy atom. The average molecular weight is 669 g/mol. The van der Waals surface area contributed by atoms with Gasteiger partial charge < -0.3 is 20.9 Å². The van der Waals surface area contributed by atoms with E-state index < -0.39 is 28.7 Å². The number of likely N-dealkylation sites (tertiary alicyclic amines) is 1. The van der Waals surface area contributed by atoms with Gasteiger partial charge in [0.25, 0.3) is 5.56 Å². The summed E-state index contributed by atoms with van der Waals surface area (Å²) in [5, 5.41) is 13.5. The van der Waals surface area contributed by atoms with Crippen molar-refractivity contribution in [3.8, 4) is 28.3 Å². The topological polar surface area (TPSA) is 170 Å². The number of piperidine rings is 1. The third-order valence-electron chi connectivity index (χ3n) is 9.69. The van der Waals surface area contributed by atoms with Crippen LogP contribution in [0.5, 0.6) is 5.88 Å². The van der Waals surface area contributed by atoms with Gasteiger partial charge in [-0.2, -0.15) is 0 Å². The SMILES string of the molecule is COc1nc(-c2cccc(-c3cccc(Nc4nccc5c4c(=O)n(C)c(=O)n5C)c3C)c2Cl)cnc1CN1CC2C(C(=O)O)C2(N)C1. The van der Waals surface area contributed by atoms with Crippen LogP contribution in [0.2, 0.25) is 5.02 Å². The molecule has 1 aliphatic heterocycles. The third kappa shape index (κ3) is 4.93. The lowest BCUT2D eigenvalue weighted by Gasteiger charge is -2.21. The number of methoxy groups -OCH3 is 1. The Bertz CT molecular complexity index is 2270. The van der Waals surface area contributed by atoms with Gasteiger partial charge in [-0.3, -0.25) is 28.6 Å². The highest BCUT2D eigenvalue weighted by molar-refractivity contribution is 6.36. The molecule has 1 saturated heterocycles. The molecule has 13 nitrogen and oxygen atoms in total. The summed E-state index contributed by atoms with van der Waals surface area (Å²) in [6.45, 7) is 3.42. The second kappa shape index (κ2) is 11.5. The minimum absolute atomic E-state index is 0.0715. The van der Waals surface area contributed by atoms with Gasteiger partial charge in [-0.1, -0.05) is 41.9 Å². The zero-order chi connectivity index (χ0) is 34.1. The monoisotopic (exact) mass is 668 g/mol. The number of carbonyl (C=O) groups is 1. The van der Waals surface area contributed by atoms with Crippen molar-refractivity contribution in [2.75, 3.05) is 25.5 Å². The summed E-state index contributed by atoms with van der Waals surface area (Å²) >= 11 is 7.07. The molecule has 0 radical (unpaired) electrons. The van der Waals surface area contributed by atoms with E-state index in [9.17, 15) is 19.5 Å². The highest BCUT2D eigenvalue weighted by Crippen LogP contribution is 2.54. The van der Waals surface area contributed by atoms with Gasteiger partial charge >= 0.3 is 11.7 Å². The summed E-state index contributed by atoms with van der Waals surface area (Å²) in [7, 11) is 4.59. The number of carboxylic acids is 1. The number of anilines is 2. The minimum atomic E-state index is -0.843. The lowest BCUT2D eigenvalue weighted by atomic mass is 9.96. The maximum atomic E-state index is 13.1. The van der Waals surface area contributed by atoms with E-state index in [0.717, 1.165) is 21.3 Å². The molecule has 3 aromatic heterocycles. The van der Waals surface area contributed by atoms with Crippen LogP contribution in [-0.4, -0.2) is 65.8 Å². The smallest absolute Gasteiger partial charge is 0.330 e. The Hall–Kier alpha value is -5.11. The molecule has 3 unspecified atom stereocenters. The van der Waals surface area contributed by atoms with Crippen LogP contribution in [0.1, 0.15) is 11.3 Å². The van der Waals surface area contributed by atoms with Gasteiger partial charge in [0.05, 0.1) is 35.5 Å². The minimum Gasteiger partial charge on any atom is -0.481 e. The first-order valence-electron chi connectivity index (χ1n) is 15.3. The van der Waals surface area contributed by atoms with E-state index in [1.165, 1.54) is 18.7 Å². The van der Waals surface area contributed by atoms with E-state index in [1.54, 1.807) is 25.5 Å². The van der Waals surface area contributed by atoms with Gasteiger partial charge in [-0.15, -0.1) is 0 Å². The zero-order valence-electron chi connectivity index (χ0n) is 26.7. The van der Waals surface area contributed by atoms with Crippen LogP contribution in [0.25, 0.3) is 33.3 Å². The number of nitrogens with two attached hydrogens (primary N) is 1. The normalized spacial score (nSPS) is 20.1. The highest BCUT2D eigenvalue weighted by Gasteiger charge is 2.70. The van der Waals surface area contributed by atoms with Gasteiger partial charge in [0.15, 0.2) is 0 Å². The van der Waals surface area contributed by atoms with Gasteiger partial charge in [0.1, 0.15) is 16.9 Å². The first-order chi connectivity index (χ1) is 22.9. The van der Waals surface area contributed by atoms with E-state index in [-0.39, 0.29) is 5.92 Å². The first kappa shape index (κ1) is 31.5. The molecule has 1 saturated carbocycles. The number of fused-ring (bicyclic) bond motifs is 2. The van der Waals surface area contributed by atoms with Crippen molar-refractivity contribution in [1.82, 2.24) is 29.0 Å². The number of carboxylic acid groups (broad SMARTS) is 1. The van der Waals surface area contributed by atoms with E-state index in [1.807, 2.05) is 43.3 Å². The number of halogens is 1. The van der Waals surface area contributed by atoms with Crippen LogP contribution < -0.4 is 27.0 Å². The molecule has 3 atom stereocenters. The predicted octanol–water partition coefficient (Wildman–Crippen LogP) is 3.31. The Morgan fingerprint density at radius 1 is 1.10 bits per heavy atom. The number of nitrogens with one attached hydrogen (secondary N) is 1. The molecule has 7 rings (SSSR count). The van der Waals surface area contributed by atoms with Gasteiger partial charge in [-0.05, 0) is 30.2 Å². The molecular weight excluding hydrogens is 636 g/mol. The van der Waals surface area contributed by atoms with Crippen molar-refractivity contribution in [2.45, 2.75) is 19.0 Å². The lowest BCUT2D eigenvalue weighted by Crippen LogP contribution is -2.38. The number of hydrogen-bond acceptors (Lipinski definition) is 10. The second-order valence-electron chi connectivity index (χ2n) is 12.4. The predicted molar refractivity (Wildman–Crippen MR) is 182 cm³/mol. The Kier molecular flexibility index (Phi) is 7.57. The summed E-state index contributed by atoms with van der Waals surface area (Å²) in [5.74, 6) is -0.731. The van der Waals surface area contributed by atoms with E-state index in [4.69, 9.17) is 27.1 Å². The van der Waals surface area contributed by atoms with E-state index in [2.05, 4.69) is 20.2 Å². The fourth-order valence-electron chi connectivity index (χ4n) is 7.04. The Morgan fingerprint density at radius 3 is 2.54 bits per heavy atom. The lowest BCUT2D eigenvalue weighted by molar-refractivity contribution is -0.139. The van der Waals surface area contributed by atoms with Crippen LogP contribution in [0.4, 0.5) is 11.5 Å². The maximum Gasteiger partial charge on any atom is 0.330 e. The molecule has 14 heteroatoms. The van der Waals surface area contributed by atoms with Crippen molar-refractivity contribution in [3.63, 3.8) is 0 Å². The second-order valence-corrected chi connectivity index (χ2v) is 12.8. The van der Waals surface area contributed by atoms with Crippen LogP contribution in [0, 0.1) is 18.8 Å². The highest BCUT2D eigenvalue weighted by atomic mass is 35.5. The molecule has 1 aliphatic carbocycles. The van der Waals surface area contributed by atoms with E-state index in [0.29, 0.717) is 69.9 Å². The van der Waals surface area contributed by atoms with Gasteiger partial charge in [0.2, 0.25) is 5.88 Å². The number of benzene rings is 2. The molecule has 2 aliphatic rings. The number of hydrogen-bond donors (Lipinski definition) is 3. The summed E-state index contributed by atoms with van der Waals surface area (Å²) in [4.78, 5) is 53.0. The fourth-order valence-corrected chi connectivity index (χ4v) is 7.37. The number of rotatable bonds is 8. The number of aryl methyl sites for hydroxylation is 1. The molecule has 0 bridgehead atoms. The van der Waals surface area contributed by atoms with Crippen molar-refractivity contribution < 1.29 is 14.6 Å². The molecule has 48 heavy (non-hydrogen) atoms. The largest absolute Gasteiger partial charge is 0.481 e. The van der Waals surface area contributed by atoms with Crippen molar-refractivity contribution in [2.24, 2.45) is 31.7 Å². The molecule has 5 aromatic rings. The molecule has 0 spiro atoms. The number of pyridine rings is 1. The van der Waals surface area contributed by atoms with Crippen LogP contribution >= 0.6 is 11.6 Å². The van der Waals surface area contributed by atoms with Crippen molar-refractivity contribution in [3.05, 3.63) is 92.0 Å². The summed E-state index contributed by atoms with van der Waals surface area (Å²) < 4.78 is 8.10. The quantitative estimate of drug-likeness (QED) is 0.222. The van der Waals surface area contributed by atoms with Crippen LogP contribution in [0.15, 0.2) is 64.4 Å². The molecule has 4 heterocycles. The van der Waals surface area contributed by atoms with Gasteiger partial charge in [-0.25, -0.2) is 14.8 Å². The first-order valence-corrected chi connectivity index (χ1v) is 15.7. The number of aromatic nitrogens is 5. The maximum absolute atomic E-state index is 13.1. The zero-order valence-corrected chi connectivity index (χ0v) is 27.4. The Labute approximate surface area is 279 Å². The van der Waals surface area contributed by atoms with Gasteiger partial charge in [0, 0.05) is 68.2 Å².